The highest BCUT2D eigenvalue weighted by atomic mass is 79.9. The summed E-state index contributed by atoms with van der Waals surface area (Å²) in [6.45, 7) is 4.01. The van der Waals surface area contributed by atoms with E-state index < -0.39 is 0 Å². The lowest BCUT2D eigenvalue weighted by atomic mass is 10.1. The number of anilines is 1. The molecule has 0 aliphatic carbocycles. The van der Waals surface area contributed by atoms with Gasteiger partial charge in [0, 0.05) is 15.9 Å². The molecule has 0 aliphatic heterocycles. The maximum absolute atomic E-state index is 11.5. The van der Waals surface area contributed by atoms with Crippen molar-refractivity contribution in [3.8, 4) is 0 Å². The van der Waals surface area contributed by atoms with Crippen molar-refractivity contribution in [2.45, 2.75) is 20.3 Å². The van der Waals surface area contributed by atoms with Gasteiger partial charge in [-0.05, 0) is 40.0 Å². The van der Waals surface area contributed by atoms with Gasteiger partial charge in [-0.1, -0.05) is 25.4 Å². The Bertz CT molecular complexity index is 366. The first-order valence-corrected chi connectivity index (χ1v) is 5.91. The number of rotatable bonds is 3. The molecule has 0 unspecified atom stereocenters. The molecule has 0 heterocycles. The van der Waals surface area contributed by atoms with Crippen LogP contribution in [0.4, 0.5) is 5.69 Å². The van der Waals surface area contributed by atoms with Crippen LogP contribution in [0.3, 0.4) is 0 Å². The van der Waals surface area contributed by atoms with Crippen LogP contribution in [-0.2, 0) is 4.79 Å². The Labute approximate surface area is 103 Å². The fourth-order valence-electron chi connectivity index (χ4n) is 1.17. The molecular formula is C11H13BrClNO. The van der Waals surface area contributed by atoms with Gasteiger partial charge >= 0.3 is 0 Å². The van der Waals surface area contributed by atoms with Crippen LogP contribution < -0.4 is 5.32 Å². The molecule has 0 fully saturated rings. The van der Waals surface area contributed by atoms with Crippen LogP contribution in [0.25, 0.3) is 0 Å². The number of benzene rings is 1. The van der Waals surface area contributed by atoms with E-state index >= 15 is 0 Å². The van der Waals surface area contributed by atoms with E-state index in [1.807, 2.05) is 19.9 Å². The molecule has 0 radical (unpaired) electrons. The number of halogens is 2. The molecule has 1 amide bonds. The van der Waals surface area contributed by atoms with Crippen molar-refractivity contribution in [1.82, 2.24) is 0 Å². The molecule has 0 bridgehead atoms. The smallest absolute Gasteiger partial charge is 0.224 e. The molecule has 1 aromatic rings. The van der Waals surface area contributed by atoms with Gasteiger partial charge in [0.2, 0.25) is 5.91 Å². The lowest BCUT2D eigenvalue weighted by Gasteiger charge is -2.09. The molecule has 2 nitrogen and oxygen atoms in total. The Kier molecular flexibility index (Phi) is 4.61. The summed E-state index contributed by atoms with van der Waals surface area (Å²) in [5.74, 6) is 0.357. The Morgan fingerprint density at radius 2 is 2.20 bits per heavy atom. The van der Waals surface area contributed by atoms with E-state index in [-0.39, 0.29) is 5.91 Å². The highest BCUT2D eigenvalue weighted by Gasteiger charge is 2.07. The summed E-state index contributed by atoms with van der Waals surface area (Å²) in [4.78, 5) is 11.5. The molecule has 15 heavy (non-hydrogen) atoms. The molecule has 0 atom stereocenters. The van der Waals surface area contributed by atoms with E-state index in [1.54, 1.807) is 12.1 Å². The van der Waals surface area contributed by atoms with Crippen LogP contribution in [-0.4, -0.2) is 5.91 Å². The van der Waals surface area contributed by atoms with Gasteiger partial charge in [0.15, 0.2) is 0 Å². The van der Waals surface area contributed by atoms with Gasteiger partial charge in [-0.3, -0.25) is 4.79 Å². The number of amides is 1. The van der Waals surface area contributed by atoms with Gasteiger partial charge in [-0.2, -0.15) is 0 Å². The van der Waals surface area contributed by atoms with Crippen LogP contribution in [0.5, 0.6) is 0 Å². The standard InChI is InChI=1S/C11H13BrClNO/c1-7(2)5-11(15)14-10-6-8(13)3-4-9(10)12/h3-4,6-7H,5H2,1-2H3,(H,14,15). The molecule has 0 saturated heterocycles. The molecule has 1 rings (SSSR count). The summed E-state index contributed by atoms with van der Waals surface area (Å²) in [7, 11) is 0. The fraction of sp³-hybridized carbons (Fsp3) is 0.364. The Morgan fingerprint density at radius 3 is 2.80 bits per heavy atom. The molecule has 4 heteroatoms. The summed E-state index contributed by atoms with van der Waals surface area (Å²) in [5, 5.41) is 3.42. The van der Waals surface area contributed by atoms with E-state index in [9.17, 15) is 4.79 Å². The minimum absolute atomic E-state index is 0.00738. The Morgan fingerprint density at radius 1 is 1.53 bits per heavy atom. The second kappa shape index (κ2) is 5.52. The number of carbonyl (C=O) groups is 1. The van der Waals surface area contributed by atoms with Gasteiger partial charge in [-0.15, -0.1) is 0 Å². The van der Waals surface area contributed by atoms with Crippen molar-refractivity contribution < 1.29 is 4.79 Å². The molecule has 1 aromatic carbocycles. The molecule has 0 aliphatic rings. The molecular weight excluding hydrogens is 277 g/mol. The van der Waals surface area contributed by atoms with Crippen molar-refractivity contribution in [3.05, 3.63) is 27.7 Å². The summed E-state index contributed by atoms with van der Waals surface area (Å²) < 4.78 is 0.837. The fourth-order valence-corrected chi connectivity index (χ4v) is 1.68. The normalized spacial score (nSPS) is 10.5. The first kappa shape index (κ1) is 12.5. The predicted octanol–water partition coefficient (Wildman–Crippen LogP) is 4.09. The number of nitrogens with one attached hydrogen (secondary N) is 1. The van der Waals surface area contributed by atoms with Crippen LogP contribution in [0.15, 0.2) is 22.7 Å². The van der Waals surface area contributed by atoms with Gasteiger partial charge < -0.3 is 5.32 Å². The van der Waals surface area contributed by atoms with E-state index in [1.165, 1.54) is 0 Å². The maximum atomic E-state index is 11.5. The zero-order valence-electron chi connectivity index (χ0n) is 8.68. The SMILES string of the molecule is CC(C)CC(=O)Nc1cc(Cl)ccc1Br. The third-order valence-corrected chi connectivity index (χ3v) is 2.72. The Hall–Kier alpha value is -0.540. The summed E-state index contributed by atoms with van der Waals surface area (Å²) >= 11 is 9.19. The number of carbonyl (C=O) groups excluding carboxylic acids is 1. The Balaban J connectivity index is 2.71. The highest BCUT2D eigenvalue weighted by Crippen LogP contribution is 2.26. The maximum Gasteiger partial charge on any atom is 0.224 e. The molecule has 0 aromatic heterocycles. The molecule has 1 N–H and O–H groups in total. The van der Waals surface area contributed by atoms with Crippen LogP contribution in [0, 0.1) is 5.92 Å². The van der Waals surface area contributed by atoms with Crippen molar-refractivity contribution >= 4 is 39.1 Å². The molecule has 0 saturated carbocycles. The molecule has 82 valence electrons. The third-order valence-electron chi connectivity index (χ3n) is 1.80. The largest absolute Gasteiger partial charge is 0.325 e. The summed E-state index contributed by atoms with van der Waals surface area (Å²) in [6.07, 6.45) is 0.513. The van der Waals surface area contributed by atoms with Gasteiger partial charge in [0.05, 0.1) is 5.69 Å². The minimum Gasteiger partial charge on any atom is -0.325 e. The van der Waals surface area contributed by atoms with Crippen LogP contribution >= 0.6 is 27.5 Å². The predicted molar refractivity (Wildman–Crippen MR) is 67.2 cm³/mol. The second-order valence-corrected chi connectivity index (χ2v) is 5.06. The first-order valence-electron chi connectivity index (χ1n) is 4.74. The third kappa shape index (κ3) is 4.22. The lowest BCUT2D eigenvalue weighted by Crippen LogP contribution is -2.14. The van der Waals surface area contributed by atoms with Crippen molar-refractivity contribution in [1.29, 1.82) is 0 Å². The van der Waals surface area contributed by atoms with Crippen molar-refractivity contribution in [2.24, 2.45) is 5.92 Å². The van der Waals surface area contributed by atoms with E-state index in [0.717, 1.165) is 4.47 Å². The summed E-state index contributed by atoms with van der Waals surface area (Å²) in [6, 6.07) is 5.31. The zero-order chi connectivity index (χ0) is 11.4. The lowest BCUT2D eigenvalue weighted by molar-refractivity contribution is -0.116. The molecule has 0 spiro atoms. The van der Waals surface area contributed by atoms with E-state index in [0.29, 0.717) is 23.0 Å². The number of hydrogen-bond acceptors (Lipinski definition) is 1. The van der Waals surface area contributed by atoms with E-state index in [2.05, 4.69) is 21.2 Å². The average Bonchev–Trinajstić information content (AvgIpc) is 2.10. The number of hydrogen-bond donors (Lipinski definition) is 1. The second-order valence-electron chi connectivity index (χ2n) is 3.77. The first-order chi connectivity index (χ1) is 6.99. The van der Waals surface area contributed by atoms with Crippen molar-refractivity contribution in [3.63, 3.8) is 0 Å². The van der Waals surface area contributed by atoms with Crippen molar-refractivity contribution in [2.75, 3.05) is 5.32 Å². The average molecular weight is 291 g/mol. The minimum atomic E-state index is 0.00738. The zero-order valence-corrected chi connectivity index (χ0v) is 11.0. The van der Waals surface area contributed by atoms with Crippen LogP contribution in [0.1, 0.15) is 20.3 Å². The van der Waals surface area contributed by atoms with E-state index in [4.69, 9.17) is 11.6 Å². The van der Waals surface area contributed by atoms with Gasteiger partial charge in [0.25, 0.3) is 0 Å². The van der Waals surface area contributed by atoms with Crippen LogP contribution in [0.2, 0.25) is 5.02 Å². The highest BCUT2D eigenvalue weighted by molar-refractivity contribution is 9.10. The monoisotopic (exact) mass is 289 g/mol. The summed E-state index contributed by atoms with van der Waals surface area (Å²) in [5.41, 5.74) is 0.716. The topological polar surface area (TPSA) is 29.1 Å². The van der Waals surface area contributed by atoms with Gasteiger partial charge in [-0.25, -0.2) is 0 Å². The van der Waals surface area contributed by atoms with Gasteiger partial charge in [0.1, 0.15) is 0 Å². The quantitative estimate of drug-likeness (QED) is 0.892.